The number of benzene rings is 1. The summed E-state index contributed by atoms with van der Waals surface area (Å²) >= 11 is 7.39. The van der Waals surface area contributed by atoms with Gasteiger partial charge in [-0.3, -0.25) is 9.59 Å². The molecule has 1 aromatic rings. The molecule has 0 bridgehead atoms. The first kappa shape index (κ1) is 22.8. The zero-order valence-electron chi connectivity index (χ0n) is 15.7. The molecule has 1 N–H and O–H groups in total. The van der Waals surface area contributed by atoms with Gasteiger partial charge in [0.2, 0.25) is 5.91 Å². The molecule has 1 aromatic carbocycles. The van der Waals surface area contributed by atoms with Crippen LogP contribution in [-0.4, -0.2) is 23.2 Å². The maximum atomic E-state index is 14.1. The number of hydrogen-bond donors (Lipinski definition) is 1. The predicted molar refractivity (Wildman–Crippen MR) is 105 cm³/mol. The monoisotopic (exact) mass is 403 g/mol. The van der Waals surface area contributed by atoms with Crippen LogP contribution in [0, 0.1) is 5.82 Å². The van der Waals surface area contributed by atoms with Gasteiger partial charge in [0.1, 0.15) is 11.1 Å². The highest BCUT2D eigenvalue weighted by molar-refractivity contribution is 8.00. The van der Waals surface area contributed by atoms with Crippen molar-refractivity contribution >= 4 is 40.9 Å². The number of hydrogen-bond acceptors (Lipinski definition) is 4. The maximum Gasteiger partial charge on any atom is 0.319 e. The summed E-state index contributed by atoms with van der Waals surface area (Å²) in [6.45, 7) is 7.64. The average Bonchev–Trinajstić information content (AvgIpc) is 2.58. The van der Waals surface area contributed by atoms with Gasteiger partial charge in [0.15, 0.2) is 0 Å². The van der Waals surface area contributed by atoms with Crippen LogP contribution in [0.2, 0.25) is 5.02 Å². The summed E-state index contributed by atoms with van der Waals surface area (Å²) in [7, 11) is 0. The lowest BCUT2D eigenvalue weighted by atomic mass is 10.2. The smallest absolute Gasteiger partial charge is 0.319 e. The van der Waals surface area contributed by atoms with E-state index >= 15 is 0 Å². The van der Waals surface area contributed by atoms with Gasteiger partial charge in [-0.15, -0.1) is 11.8 Å². The number of esters is 1. The molecule has 26 heavy (non-hydrogen) atoms. The molecule has 0 saturated carbocycles. The Hall–Kier alpha value is -1.27. The fourth-order valence-electron chi connectivity index (χ4n) is 2.15. The Morgan fingerprint density at radius 2 is 1.96 bits per heavy atom. The van der Waals surface area contributed by atoms with Crippen molar-refractivity contribution in [3.8, 4) is 0 Å². The SMILES string of the molecule is CCCC(=O)Nc1cc(SC(CCC)C(=O)OC(C)CC)c(Cl)cc1F. The zero-order chi connectivity index (χ0) is 19.7. The molecular weight excluding hydrogens is 377 g/mol. The van der Waals surface area contributed by atoms with E-state index in [0.29, 0.717) is 24.2 Å². The van der Waals surface area contributed by atoms with Crippen LogP contribution < -0.4 is 5.32 Å². The van der Waals surface area contributed by atoms with Crippen LogP contribution >= 0.6 is 23.4 Å². The van der Waals surface area contributed by atoms with Gasteiger partial charge in [0.25, 0.3) is 0 Å². The first-order valence-electron chi connectivity index (χ1n) is 8.98. The topological polar surface area (TPSA) is 55.4 Å². The molecule has 0 aliphatic heterocycles. The Kier molecular flexibility index (Phi) is 10.0. The third-order valence-electron chi connectivity index (χ3n) is 3.75. The zero-order valence-corrected chi connectivity index (χ0v) is 17.3. The molecular formula is C19H27ClFNO3S. The second-order valence-corrected chi connectivity index (χ2v) is 7.76. The Morgan fingerprint density at radius 1 is 1.27 bits per heavy atom. The van der Waals surface area contributed by atoms with Crippen molar-refractivity contribution in [2.45, 2.75) is 76.0 Å². The molecule has 0 saturated heterocycles. The first-order valence-corrected chi connectivity index (χ1v) is 10.2. The van der Waals surface area contributed by atoms with E-state index in [9.17, 15) is 14.0 Å². The summed E-state index contributed by atoms with van der Waals surface area (Å²) in [6.07, 6.45) is 2.97. The maximum absolute atomic E-state index is 14.1. The van der Waals surface area contributed by atoms with Crippen molar-refractivity contribution in [3.63, 3.8) is 0 Å². The molecule has 146 valence electrons. The summed E-state index contributed by atoms with van der Waals surface area (Å²) in [5, 5.41) is 2.33. The largest absolute Gasteiger partial charge is 0.462 e. The number of amides is 1. The number of thioether (sulfide) groups is 1. The Labute approximate surface area is 164 Å². The van der Waals surface area contributed by atoms with Gasteiger partial charge in [-0.1, -0.05) is 38.8 Å². The molecule has 0 heterocycles. The van der Waals surface area contributed by atoms with E-state index in [1.165, 1.54) is 17.8 Å². The van der Waals surface area contributed by atoms with Crippen LogP contribution in [0.4, 0.5) is 10.1 Å². The van der Waals surface area contributed by atoms with Crippen molar-refractivity contribution in [2.75, 3.05) is 5.32 Å². The summed E-state index contributed by atoms with van der Waals surface area (Å²) in [6, 6.07) is 2.64. The average molecular weight is 404 g/mol. The summed E-state index contributed by atoms with van der Waals surface area (Å²) in [4.78, 5) is 24.7. The van der Waals surface area contributed by atoms with Gasteiger partial charge in [-0.25, -0.2) is 4.39 Å². The summed E-state index contributed by atoms with van der Waals surface area (Å²) in [5.74, 6) is -1.16. The minimum absolute atomic E-state index is 0.0703. The van der Waals surface area contributed by atoms with Crippen molar-refractivity contribution < 1.29 is 18.7 Å². The Bertz CT molecular complexity index is 627. The number of carbonyl (C=O) groups is 2. The number of nitrogens with one attached hydrogen (secondary N) is 1. The summed E-state index contributed by atoms with van der Waals surface area (Å²) in [5.41, 5.74) is 0.0703. The molecule has 0 spiro atoms. The molecule has 1 rings (SSSR count). The predicted octanol–water partition coefficient (Wildman–Crippen LogP) is 5.82. The van der Waals surface area contributed by atoms with Gasteiger partial charge in [0, 0.05) is 11.3 Å². The molecule has 4 nitrogen and oxygen atoms in total. The van der Waals surface area contributed by atoms with E-state index in [2.05, 4.69) is 5.32 Å². The van der Waals surface area contributed by atoms with Gasteiger partial charge in [-0.2, -0.15) is 0 Å². The van der Waals surface area contributed by atoms with E-state index < -0.39 is 11.1 Å². The van der Waals surface area contributed by atoms with Crippen molar-refractivity contribution in [1.29, 1.82) is 0 Å². The van der Waals surface area contributed by atoms with Crippen LogP contribution in [0.3, 0.4) is 0 Å². The Morgan fingerprint density at radius 3 is 2.54 bits per heavy atom. The molecule has 2 atom stereocenters. The van der Waals surface area contributed by atoms with Crippen molar-refractivity contribution in [3.05, 3.63) is 23.0 Å². The minimum Gasteiger partial charge on any atom is -0.462 e. The van der Waals surface area contributed by atoms with E-state index in [4.69, 9.17) is 16.3 Å². The second kappa shape index (κ2) is 11.4. The van der Waals surface area contributed by atoms with Crippen LogP contribution in [0.1, 0.15) is 59.8 Å². The number of anilines is 1. The van der Waals surface area contributed by atoms with Crippen LogP contribution in [-0.2, 0) is 14.3 Å². The standard InChI is InChI=1S/C19H27ClFNO3S/c1-5-8-16(19(24)25-12(4)7-3)26-17-11-15(14(21)10-13(17)20)22-18(23)9-6-2/h10-12,16H,5-9H2,1-4H3,(H,22,23). The van der Waals surface area contributed by atoms with E-state index in [-0.39, 0.29) is 28.7 Å². The third kappa shape index (κ3) is 7.16. The Balaban J connectivity index is 3.00. The lowest BCUT2D eigenvalue weighted by Crippen LogP contribution is -2.24. The highest BCUT2D eigenvalue weighted by atomic mass is 35.5. The van der Waals surface area contributed by atoms with Crippen LogP contribution in [0.25, 0.3) is 0 Å². The highest BCUT2D eigenvalue weighted by Gasteiger charge is 2.24. The molecule has 2 unspecified atom stereocenters. The van der Waals surface area contributed by atoms with Gasteiger partial charge < -0.3 is 10.1 Å². The van der Waals surface area contributed by atoms with Crippen LogP contribution in [0.15, 0.2) is 17.0 Å². The molecule has 0 radical (unpaired) electrons. The molecule has 7 heteroatoms. The molecule has 1 amide bonds. The fraction of sp³-hybridized carbons (Fsp3) is 0.579. The molecule has 0 fully saturated rings. The number of halogens is 2. The van der Waals surface area contributed by atoms with E-state index in [0.717, 1.165) is 18.9 Å². The van der Waals surface area contributed by atoms with E-state index in [1.807, 2.05) is 27.7 Å². The van der Waals surface area contributed by atoms with Gasteiger partial charge >= 0.3 is 5.97 Å². The van der Waals surface area contributed by atoms with Gasteiger partial charge in [-0.05, 0) is 38.3 Å². The second-order valence-electron chi connectivity index (χ2n) is 6.11. The van der Waals surface area contributed by atoms with E-state index in [1.54, 1.807) is 0 Å². The van der Waals surface area contributed by atoms with Crippen molar-refractivity contribution in [1.82, 2.24) is 0 Å². The molecule has 0 aliphatic carbocycles. The summed E-state index contributed by atoms with van der Waals surface area (Å²) < 4.78 is 19.5. The normalized spacial score (nSPS) is 13.2. The van der Waals surface area contributed by atoms with Crippen molar-refractivity contribution in [2.24, 2.45) is 0 Å². The van der Waals surface area contributed by atoms with Crippen LogP contribution in [0.5, 0.6) is 0 Å². The number of ether oxygens (including phenoxy) is 1. The molecule has 0 aromatic heterocycles. The highest BCUT2D eigenvalue weighted by Crippen LogP contribution is 2.36. The lowest BCUT2D eigenvalue weighted by Gasteiger charge is -2.19. The van der Waals surface area contributed by atoms with Gasteiger partial charge in [0.05, 0.1) is 16.8 Å². The lowest BCUT2D eigenvalue weighted by molar-refractivity contribution is -0.147. The number of carbonyl (C=O) groups excluding carboxylic acids is 2. The molecule has 0 aliphatic rings. The fourth-order valence-corrected chi connectivity index (χ4v) is 3.61. The minimum atomic E-state index is -0.599. The quantitative estimate of drug-likeness (QED) is 0.395. The first-order chi connectivity index (χ1) is 12.3. The third-order valence-corrected chi connectivity index (χ3v) is 5.48. The number of rotatable bonds is 10.